The van der Waals surface area contributed by atoms with Gasteiger partial charge in [0.15, 0.2) is 31.3 Å². The van der Waals surface area contributed by atoms with Gasteiger partial charge in [-0.05, 0) is 103 Å². The van der Waals surface area contributed by atoms with E-state index >= 15 is 0 Å². The number of aliphatic hydroxyl groups excluding tert-OH is 13. The first-order valence-electron chi connectivity index (χ1n) is 28.8. The molecule has 8 fully saturated rings. The van der Waals surface area contributed by atoms with Gasteiger partial charge < -0.3 is 114 Å². The van der Waals surface area contributed by atoms with Gasteiger partial charge in [0.2, 0.25) is 0 Å². The highest BCUT2D eigenvalue weighted by Crippen LogP contribution is 2.76. The Morgan fingerprint density at radius 3 is 1.77 bits per heavy atom. The van der Waals surface area contributed by atoms with Gasteiger partial charge in [-0.25, -0.2) is 4.79 Å². The second-order valence-electron chi connectivity index (χ2n) is 27.1. The number of aliphatic carboxylic acids is 1. The molecule has 0 aromatic heterocycles. The Kier molecular flexibility index (Phi) is 17.9. The maximum Gasteiger partial charge on any atom is 0.335 e. The summed E-state index contributed by atoms with van der Waals surface area (Å²) < 4.78 is 55.3. The van der Waals surface area contributed by atoms with Gasteiger partial charge in [0.05, 0.1) is 43.5 Å². The van der Waals surface area contributed by atoms with Gasteiger partial charge in [-0.15, -0.1) is 0 Å². The van der Waals surface area contributed by atoms with Crippen molar-refractivity contribution in [2.24, 2.45) is 50.2 Å². The summed E-state index contributed by atoms with van der Waals surface area (Å²) >= 11 is 0. The minimum Gasteiger partial charge on any atom is -0.479 e. The van der Waals surface area contributed by atoms with Gasteiger partial charge in [-0.3, -0.25) is 4.79 Å². The number of carbonyl (C=O) groups is 2. The van der Waals surface area contributed by atoms with E-state index in [-0.39, 0.29) is 40.6 Å². The van der Waals surface area contributed by atoms with Gasteiger partial charge in [0.25, 0.3) is 0 Å². The number of aliphatic hydroxyl groups is 13. The molecule has 0 spiro atoms. The van der Waals surface area contributed by atoms with Gasteiger partial charge >= 0.3 is 11.9 Å². The molecule has 14 N–H and O–H groups in total. The summed E-state index contributed by atoms with van der Waals surface area (Å²) in [6.45, 7) is 15.7. The predicted octanol–water partition coefficient (Wildman–Crippen LogP) is -1.93. The first-order valence-corrected chi connectivity index (χ1v) is 28.8. The summed E-state index contributed by atoms with van der Waals surface area (Å²) in [4.78, 5) is 26.1. The van der Waals surface area contributed by atoms with E-state index < -0.39 is 183 Å². The lowest BCUT2D eigenvalue weighted by Crippen LogP contribution is -2.70. The van der Waals surface area contributed by atoms with E-state index in [0.29, 0.717) is 51.4 Å². The summed E-state index contributed by atoms with van der Waals surface area (Å²) in [5.74, 6) is -2.51. The van der Waals surface area contributed by atoms with E-state index in [1.165, 1.54) is 19.4 Å². The summed E-state index contributed by atoms with van der Waals surface area (Å²) in [6.07, 6.45) is -33.3. The minimum absolute atomic E-state index is 0.0512. The molecule has 4 saturated carbocycles. The fraction of sp³-hybridized carbons (Fsp3) is 0.929. The van der Waals surface area contributed by atoms with Crippen molar-refractivity contribution >= 4 is 11.9 Å². The molecule has 4 aliphatic heterocycles. The number of hydrogen-bond donors (Lipinski definition) is 14. The predicted molar refractivity (Wildman–Crippen MR) is 274 cm³/mol. The van der Waals surface area contributed by atoms with Crippen molar-refractivity contribution in [2.75, 3.05) is 19.8 Å². The zero-order valence-corrected chi connectivity index (χ0v) is 47.6. The average Bonchev–Trinajstić information content (AvgIpc) is 3.59. The molecule has 0 amide bonds. The molecule has 0 radical (unpaired) electrons. The monoisotopic (exact) mass is 1160 g/mol. The molecule has 25 nitrogen and oxygen atoms in total. The first-order chi connectivity index (χ1) is 37.8. The van der Waals surface area contributed by atoms with Gasteiger partial charge in [0.1, 0.15) is 91.6 Å². The van der Waals surface area contributed by atoms with Gasteiger partial charge in [-0.1, -0.05) is 60.1 Å². The number of allylic oxidation sites excluding steroid dienone is 2. The smallest absolute Gasteiger partial charge is 0.335 e. The van der Waals surface area contributed by atoms with Crippen molar-refractivity contribution in [3.63, 3.8) is 0 Å². The van der Waals surface area contributed by atoms with E-state index in [4.69, 9.17) is 42.6 Å². The molecule has 25 heteroatoms. The first kappa shape index (κ1) is 63.3. The Hall–Kier alpha value is -2.16. The number of carboxylic acids is 1. The zero-order chi connectivity index (χ0) is 59.6. The molecular formula is C56H90O25. The molecule has 81 heavy (non-hydrogen) atoms. The van der Waals surface area contributed by atoms with E-state index in [1.54, 1.807) is 0 Å². The Balaban J connectivity index is 1.06. The average molecular weight is 1160 g/mol. The molecule has 9 rings (SSSR count). The summed E-state index contributed by atoms with van der Waals surface area (Å²) in [7, 11) is 0. The van der Waals surface area contributed by atoms with Crippen molar-refractivity contribution in [2.45, 2.75) is 255 Å². The normalized spacial score (nSPS) is 53.2. The summed E-state index contributed by atoms with van der Waals surface area (Å²) in [5.41, 5.74) is -2.26. The van der Waals surface area contributed by atoms with Crippen molar-refractivity contribution in [1.29, 1.82) is 0 Å². The molecule has 4 saturated heterocycles. The molecule has 0 unspecified atom stereocenters. The largest absolute Gasteiger partial charge is 0.479 e. The zero-order valence-electron chi connectivity index (χ0n) is 47.6. The number of esters is 1. The molecule has 464 valence electrons. The Morgan fingerprint density at radius 2 is 1.16 bits per heavy atom. The number of carboxylic acid groups (broad SMARTS) is 1. The molecule has 9 aliphatic rings. The van der Waals surface area contributed by atoms with Crippen LogP contribution in [0.25, 0.3) is 0 Å². The van der Waals surface area contributed by atoms with Crippen LogP contribution in [-0.4, -0.2) is 244 Å². The maximum absolute atomic E-state index is 13.2. The fourth-order valence-electron chi connectivity index (χ4n) is 17.2. The Bertz CT molecular complexity index is 2290. The van der Waals surface area contributed by atoms with Gasteiger partial charge in [-0.2, -0.15) is 0 Å². The number of fused-ring (bicyclic) bond motifs is 7. The van der Waals surface area contributed by atoms with Crippen LogP contribution in [0.4, 0.5) is 0 Å². The third-order valence-electron chi connectivity index (χ3n) is 21.8. The van der Waals surface area contributed by atoms with Crippen LogP contribution in [0, 0.1) is 50.2 Å². The molecule has 30 atom stereocenters. The van der Waals surface area contributed by atoms with Crippen LogP contribution in [0.1, 0.15) is 114 Å². The third kappa shape index (κ3) is 10.4. The fourth-order valence-corrected chi connectivity index (χ4v) is 17.2. The minimum atomic E-state index is -2.26. The lowest BCUT2D eigenvalue weighted by molar-refractivity contribution is -0.406. The quantitative estimate of drug-likeness (QED) is 0.0542. The van der Waals surface area contributed by atoms with Crippen LogP contribution in [0.3, 0.4) is 0 Å². The molecule has 0 bridgehead atoms. The van der Waals surface area contributed by atoms with Crippen LogP contribution in [0.15, 0.2) is 11.6 Å². The molecule has 0 aromatic rings. The Morgan fingerprint density at radius 1 is 0.593 bits per heavy atom. The van der Waals surface area contributed by atoms with Crippen LogP contribution < -0.4 is 0 Å². The molecule has 5 aliphatic carbocycles. The van der Waals surface area contributed by atoms with Crippen molar-refractivity contribution in [3.8, 4) is 0 Å². The van der Waals surface area contributed by atoms with Crippen LogP contribution >= 0.6 is 0 Å². The number of rotatable bonds is 13. The summed E-state index contributed by atoms with van der Waals surface area (Å²) in [5, 5.41) is 154. The lowest BCUT2D eigenvalue weighted by Gasteiger charge is -2.72. The van der Waals surface area contributed by atoms with Crippen molar-refractivity contribution in [1.82, 2.24) is 0 Å². The number of ether oxygens (including phenoxy) is 9. The van der Waals surface area contributed by atoms with E-state index in [9.17, 15) is 81.1 Å². The highest BCUT2D eigenvalue weighted by Gasteiger charge is 2.72. The summed E-state index contributed by atoms with van der Waals surface area (Å²) in [6, 6.07) is 0. The standard InChI is InChI=1S/C56H90O25/c1-22-33(62)36(65)39(68)47(73-22)80-44-38(67)35(64)27(20-58)76-49(44)78-42-41(70)43(46(71)72)79-50(45(42)81-48-40(69)37(66)34(63)26(19-57)75-48)77-31-13-14-53(7)28(52(31,5)6)12-15-54(8)29(53)11-10-24-25-16-51(3,4)17-30(61)56(25,21-59)32(74-23(2)60)18-55(24,54)9/h10,22,25-45,47-50,57-59,61-70H,11-21H2,1-9H3,(H,71,72)/t22-,25-,26+,27-,28+,29-,30-,31+,32-,33+,34-,35-,36+,37+,38-,39+,40-,41+,42+,43-,44-,45+,47+,48+,49-,50+,53+,54+,55-,56+/m0/s1. The van der Waals surface area contributed by atoms with Crippen molar-refractivity contribution in [3.05, 3.63) is 11.6 Å². The van der Waals surface area contributed by atoms with Crippen molar-refractivity contribution < 1.29 is 124 Å². The Labute approximate surface area is 471 Å². The highest BCUT2D eigenvalue weighted by molar-refractivity contribution is 5.73. The van der Waals surface area contributed by atoms with Crippen LogP contribution in [0.5, 0.6) is 0 Å². The maximum atomic E-state index is 13.2. The second kappa shape index (κ2) is 22.8. The van der Waals surface area contributed by atoms with Gasteiger partial charge in [0, 0.05) is 6.92 Å². The highest BCUT2D eigenvalue weighted by atomic mass is 16.8. The van der Waals surface area contributed by atoms with Crippen LogP contribution in [-0.2, 0) is 52.2 Å². The number of carbonyl (C=O) groups excluding carboxylic acids is 1. The second-order valence-corrected chi connectivity index (χ2v) is 27.1. The topological polar surface area (TPSA) is 400 Å². The lowest BCUT2D eigenvalue weighted by atomic mass is 9.33. The van der Waals surface area contributed by atoms with E-state index in [0.717, 1.165) is 0 Å². The molecule has 0 aromatic carbocycles. The van der Waals surface area contributed by atoms with E-state index in [1.807, 2.05) is 13.8 Å². The molecular weight excluding hydrogens is 1070 g/mol. The molecule has 4 heterocycles. The van der Waals surface area contributed by atoms with Crippen LogP contribution in [0.2, 0.25) is 0 Å². The van der Waals surface area contributed by atoms with E-state index in [2.05, 4.69) is 40.7 Å². The third-order valence-corrected chi connectivity index (χ3v) is 21.8. The number of hydrogen-bond acceptors (Lipinski definition) is 24. The SMILES string of the molecule is CC(=O)O[C@H]1C[C@@]2(C)C(=CC[C@H]3[C@]4(C)CC[C@@H](O[C@@H]5O[C@H](C(=O)O)[C@H](O)[C@@H](O[C@@H]6O[C@@H](CO)[C@H](O)[C@H](O)[C@@H]6O[C@H]6O[C@@H](C)[C@@H](O)[C@@H](O)[C@H]6O)[C@H]5O[C@H]5O[C@H](CO)[C@H](O)[C@@H](O)[C@@H]5O)C(C)(C)[C@H]4CC[C@]32C)[C@@H]2CC(C)(C)C[C@H](O)[C@]12CO.